The molecule has 2 aromatic rings. The molecule has 8 heteroatoms. The van der Waals surface area contributed by atoms with Crippen molar-refractivity contribution in [3.8, 4) is 0 Å². The molecule has 2 aromatic heterocycles. The van der Waals surface area contributed by atoms with Gasteiger partial charge in [0.05, 0.1) is 24.9 Å². The van der Waals surface area contributed by atoms with Crippen molar-refractivity contribution in [1.82, 2.24) is 24.9 Å². The number of methoxy groups -OCH3 is 1. The average Bonchev–Trinajstić information content (AvgIpc) is 3.31. The molecule has 0 radical (unpaired) electrons. The quantitative estimate of drug-likeness (QED) is 0.712. The Morgan fingerprint density at radius 1 is 1.23 bits per heavy atom. The van der Waals surface area contributed by atoms with Gasteiger partial charge in [0.1, 0.15) is 5.69 Å². The number of nitrogens with zero attached hydrogens (tertiary/aromatic N) is 4. The lowest BCUT2D eigenvalue weighted by molar-refractivity contribution is -0.0376. The third kappa shape index (κ3) is 4.36. The van der Waals surface area contributed by atoms with E-state index in [0.717, 1.165) is 49.7 Å². The van der Waals surface area contributed by atoms with Gasteiger partial charge in [-0.15, -0.1) is 5.10 Å². The molecule has 3 aliphatic rings. The van der Waals surface area contributed by atoms with Gasteiger partial charge >= 0.3 is 0 Å². The van der Waals surface area contributed by atoms with Crippen molar-refractivity contribution in [2.24, 2.45) is 17.8 Å². The van der Waals surface area contributed by atoms with E-state index >= 15 is 0 Å². The van der Waals surface area contributed by atoms with E-state index in [1.54, 1.807) is 13.3 Å². The van der Waals surface area contributed by atoms with Crippen LogP contribution in [-0.2, 0) is 22.6 Å². The normalized spacial score (nSPS) is 29.2. The van der Waals surface area contributed by atoms with Gasteiger partial charge in [0.15, 0.2) is 0 Å². The van der Waals surface area contributed by atoms with Gasteiger partial charge in [0.2, 0.25) is 0 Å². The highest BCUT2D eigenvalue weighted by Crippen LogP contribution is 2.43. The Hall–Kier alpha value is -2.03. The van der Waals surface area contributed by atoms with Crippen molar-refractivity contribution in [2.45, 2.75) is 51.0 Å². The van der Waals surface area contributed by atoms with Gasteiger partial charge in [-0.25, -0.2) is 4.68 Å². The number of nitrogens with one attached hydrogen (secondary N) is 1. The lowest BCUT2D eigenvalue weighted by Crippen LogP contribution is -2.38. The summed E-state index contributed by atoms with van der Waals surface area (Å²) in [6, 6.07) is 4.04. The van der Waals surface area contributed by atoms with Crippen LogP contribution in [0.4, 0.5) is 0 Å². The van der Waals surface area contributed by atoms with Gasteiger partial charge in [-0.3, -0.25) is 9.69 Å². The predicted octanol–water partition coefficient (Wildman–Crippen LogP) is 1.99. The number of hydrogen-bond acceptors (Lipinski definition) is 6. The molecule has 4 atom stereocenters. The van der Waals surface area contributed by atoms with Crippen LogP contribution >= 0.6 is 0 Å². The van der Waals surface area contributed by atoms with E-state index in [2.05, 4.69) is 20.2 Å². The summed E-state index contributed by atoms with van der Waals surface area (Å²) >= 11 is 0. The van der Waals surface area contributed by atoms with E-state index in [1.165, 1.54) is 12.8 Å². The van der Waals surface area contributed by atoms with E-state index in [-0.39, 0.29) is 17.7 Å². The molecule has 1 N–H and O–H groups in total. The van der Waals surface area contributed by atoms with E-state index in [4.69, 9.17) is 9.47 Å². The van der Waals surface area contributed by atoms with Gasteiger partial charge in [0, 0.05) is 45.1 Å². The molecule has 162 valence electrons. The highest BCUT2D eigenvalue weighted by Gasteiger charge is 2.44. The Labute approximate surface area is 176 Å². The topological polar surface area (TPSA) is 85.3 Å². The summed E-state index contributed by atoms with van der Waals surface area (Å²) in [4.78, 5) is 17.3. The van der Waals surface area contributed by atoms with Crippen molar-refractivity contribution < 1.29 is 9.47 Å². The fourth-order valence-corrected chi connectivity index (χ4v) is 5.13. The van der Waals surface area contributed by atoms with Crippen LogP contribution in [0, 0.1) is 17.8 Å². The number of aromatic nitrogens is 4. The minimum Gasteiger partial charge on any atom is -0.378 e. The van der Waals surface area contributed by atoms with E-state index < -0.39 is 0 Å². The molecular formula is C22H31N5O3. The molecule has 1 aliphatic heterocycles. The third-order valence-corrected chi connectivity index (χ3v) is 6.89. The summed E-state index contributed by atoms with van der Waals surface area (Å²) in [5.74, 6) is 1.94. The number of fused-ring (bicyclic) bond motifs is 1. The van der Waals surface area contributed by atoms with Crippen molar-refractivity contribution in [3.05, 3.63) is 46.1 Å². The smallest absolute Gasteiger partial charge is 0.252 e. The summed E-state index contributed by atoms with van der Waals surface area (Å²) in [5.41, 5.74) is 1.72. The minimum atomic E-state index is 0.0178. The summed E-state index contributed by atoms with van der Waals surface area (Å²) < 4.78 is 13.6. The van der Waals surface area contributed by atoms with Gasteiger partial charge in [-0.05, 0) is 49.5 Å². The number of H-pyrrole nitrogens is 1. The first-order chi connectivity index (χ1) is 14.7. The largest absolute Gasteiger partial charge is 0.378 e. The predicted molar refractivity (Wildman–Crippen MR) is 111 cm³/mol. The van der Waals surface area contributed by atoms with E-state index in [1.807, 2.05) is 23.0 Å². The van der Waals surface area contributed by atoms with Gasteiger partial charge in [-0.1, -0.05) is 11.3 Å². The molecule has 0 aromatic carbocycles. The first-order valence-electron chi connectivity index (χ1n) is 11.1. The molecule has 2 saturated carbocycles. The van der Waals surface area contributed by atoms with Crippen LogP contribution in [0.15, 0.2) is 29.3 Å². The van der Waals surface area contributed by atoms with Crippen molar-refractivity contribution in [2.75, 3.05) is 26.8 Å². The molecule has 2 aliphatic carbocycles. The van der Waals surface area contributed by atoms with Crippen LogP contribution in [0.3, 0.4) is 0 Å². The first-order valence-corrected chi connectivity index (χ1v) is 11.1. The van der Waals surface area contributed by atoms with Gasteiger partial charge < -0.3 is 14.5 Å². The molecule has 5 rings (SSSR count). The maximum Gasteiger partial charge on any atom is 0.252 e. The van der Waals surface area contributed by atoms with Crippen LogP contribution in [-0.4, -0.2) is 57.8 Å². The highest BCUT2D eigenvalue weighted by atomic mass is 16.5. The standard InChI is InChI=1S/C22H31N5O3/c1-29-14-19-12-27(25-24-19)20-7-17-10-26(9-16-3-2-6-23-22(16)28)11-18(17)8-21(20)30-13-15-4-5-15/h2-3,6,12,15,17-18,20-21H,4-5,7-11,13-14H2,1H3,(H,23,28)/t17-,18+,20-,21-/m1/s1. The van der Waals surface area contributed by atoms with Crippen LogP contribution in [0.1, 0.15) is 43.0 Å². The second-order valence-electron chi connectivity index (χ2n) is 9.22. The number of ether oxygens (including phenoxy) is 2. The number of aromatic amines is 1. The summed E-state index contributed by atoms with van der Waals surface area (Å²) in [6.07, 6.45) is 8.55. The Morgan fingerprint density at radius 2 is 2.07 bits per heavy atom. The molecular weight excluding hydrogens is 382 g/mol. The van der Waals surface area contributed by atoms with Gasteiger partial charge in [-0.2, -0.15) is 0 Å². The fraction of sp³-hybridized carbons (Fsp3) is 0.682. The molecule has 0 bridgehead atoms. The molecule has 0 spiro atoms. The molecule has 3 fully saturated rings. The zero-order valence-electron chi connectivity index (χ0n) is 17.6. The second kappa shape index (κ2) is 8.61. The molecule has 30 heavy (non-hydrogen) atoms. The Kier molecular flexibility index (Phi) is 5.71. The Bertz CT molecular complexity index is 908. The Balaban J connectivity index is 1.29. The third-order valence-electron chi connectivity index (χ3n) is 6.89. The van der Waals surface area contributed by atoms with Gasteiger partial charge in [0.25, 0.3) is 5.56 Å². The lowest BCUT2D eigenvalue weighted by Gasteiger charge is -2.37. The summed E-state index contributed by atoms with van der Waals surface area (Å²) in [7, 11) is 1.68. The summed E-state index contributed by atoms with van der Waals surface area (Å²) in [6.45, 7) is 4.10. The maximum absolute atomic E-state index is 12.1. The monoisotopic (exact) mass is 413 g/mol. The summed E-state index contributed by atoms with van der Waals surface area (Å²) in [5, 5.41) is 8.68. The zero-order valence-corrected chi connectivity index (χ0v) is 17.6. The highest BCUT2D eigenvalue weighted by molar-refractivity contribution is 5.10. The van der Waals surface area contributed by atoms with Crippen LogP contribution in [0.2, 0.25) is 0 Å². The molecule has 0 amide bonds. The molecule has 8 nitrogen and oxygen atoms in total. The number of likely N-dealkylation sites (tertiary alicyclic amines) is 1. The van der Waals surface area contributed by atoms with Crippen molar-refractivity contribution in [1.29, 1.82) is 0 Å². The van der Waals surface area contributed by atoms with Crippen molar-refractivity contribution >= 4 is 0 Å². The second-order valence-corrected chi connectivity index (χ2v) is 9.22. The number of rotatable bonds is 8. The van der Waals surface area contributed by atoms with Crippen LogP contribution < -0.4 is 5.56 Å². The SMILES string of the molecule is COCc1cn([C@@H]2C[C@@H]3CN(Cc4ccc[nH]c4=O)C[C@@H]3C[C@H]2OCC2CC2)nn1. The van der Waals surface area contributed by atoms with Crippen molar-refractivity contribution in [3.63, 3.8) is 0 Å². The van der Waals surface area contributed by atoms with E-state index in [0.29, 0.717) is 25.0 Å². The maximum atomic E-state index is 12.1. The minimum absolute atomic E-state index is 0.0178. The van der Waals surface area contributed by atoms with Crippen LogP contribution in [0.5, 0.6) is 0 Å². The van der Waals surface area contributed by atoms with Crippen LogP contribution in [0.25, 0.3) is 0 Å². The fourth-order valence-electron chi connectivity index (χ4n) is 5.13. The van der Waals surface area contributed by atoms with E-state index in [9.17, 15) is 4.79 Å². The number of hydrogen-bond donors (Lipinski definition) is 1. The first kappa shape index (κ1) is 19.9. The molecule has 1 saturated heterocycles. The zero-order chi connectivity index (χ0) is 20.5. The average molecular weight is 414 g/mol. The lowest BCUT2D eigenvalue weighted by atomic mass is 9.77. The molecule has 3 heterocycles. The molecule has 0 unspecified atom stereocenters. The number of pyridine rings is 1. The Morgan fingerprint density at radius 3 is 2.83 bits per heavy atom.